The summed E-state index contributed by atoms with van der Waals surface area (Å²) in [5.74, 6) is 1.05. The molecule has 1 heterocycles. The quantitative estimate of drug-likeness (QED) is 0.700. The number of ether oxygens (including phenoxy) is 1. The molecule has 0 bridgehead atoms. The molecule has 1 unspecified atom stereocenters. The molecule has 0 aromatic rings. The Hall–Kier alpha value is -0.370. The maximum atomic E-state index is 12.1. The van der Waals surface area contributed by atoms with Gasteiger partial charge in [0.1, 0.15) is 5.78 Å². The predicted octanol–water partition coefficient (Wildman–Crippen LogP) is 2.81. The van der Waals surface area contributed by atoms with Gasteiger partial charge in [0.25, 0.3) is 0 Å². The second-order valence-electron chi connectivity index (χ2n) is 5.90. The SMILES string of the molecule is CC1(C)CCC(C(=O)C2CCOC2)CC1. The number of ketones is 1. The molecule has 1 atom stereocenters. The fourth-order valence-electron chi connectivity index (χ4n) is 2.78. The molecule has 2 fully saturated rings. The van der Waals surface area contributed by atoms with Gasteiger partial charge in [-0.3, -0.25) is 4.79 Å². The lowest BCUT2D eigenvalue weighted by Gasteiger charge is -2.34. The Balaban J connectivity index is 1.87. The van der Waals surface area contributed by atoms with Gasteiger partial charge in [0.05, 0.1) is 6.61 Å². The van der Waals surface area contributed by atoms with Crippen molar-refractivity contribution in [3.63, 3.8) is 0 Å². The van der Waals surface area contributed by atoms with Crippen LogP contribution in [0.25, 0.3) is 0 Å². The first-order valence-electron chi connectivity index (χ1n) is 6.20. The molecule has 86 valence electrons. The minimum Gasteiger partial charge on any atom is -0.381 e. The molecule has 2 aliphatic rings. The van der Waals surface area contributed by atoms with Crippen molar-refractivity contribution in [1.29, 1.82) is 0 Å². The van der Waals surface area contributed by atoms with E-state index in [4.69, 9.17) is 4.74 Å². The summed E-state index contributed by atoms with van der Waals surface area (Å²) in [7, 11) is 0. The Kier molecular flexibility index (Phi) is 3.15. The monoisotopic (exact) mass is 210 g/mol. The fourth-order valence-corrected chi connectivity index (χ4v) is 2.78. The van der Waals surface area contributed by atoms with Crippen molar-refractivity contribution < 1.29 is 9.53 Å². The van der Waals surface area contributed by atoms with Gasteiger partial charge in [-0.2, -0.15) is 0 Å². The van der Waals surface area contributed by atoms with Gasteiger partial charge in [-0.25, -0.2) is 0 Å². The molecular formula is C13H22O2. The van der Waals surface area contributed by atoms with E-state index in [0.29, 0.717) is 23.7 Å². The summed E-state index contributed by atoms with van der Waals surface area (Å²) in [6, 6.07) is 0. The van der Waals surface area contributed by atoms with Crippen LogP contribution in [0.2, 0.25) is 0 Å². The Labute approximate surface area is 92.4 Å². The Morgan fingerprint density at radius 3 is 2.33 bits per heavy atom. The Bertz CT molecular complexity index is 229. The van der Waals surface area contributed by atoms with Crippen LogP contribution >= 0.6 is 0 Å². The maximum Gasteiger partial charge on any atom is 0.141 e. The summed E-state index contributed by atoms with van der Waals surface area (Å²) in [5.41, 5.74) is 0.461. The number of carbonyl (C=O) groups is 1. The van der Waals surface area contributed by atoms with Crippen LogP contribution in [-0.2, 0) is 9.53 Å². The van der Waals surface area contributed by atoms with Gasteiger partial charge in [0.2, 0.25) is 0 Å². The lowest BCUT2D eigenvalue weighted by atomic mass is 9.70. The van der Waals surface area contributed by atoms with Crippen molar-refractivity contribution in [2.75, 3.05) is 13.2 Å². The third-order valence-electron chi connectivity index (χ3n) is 4.07. The highest BCUT2D eigenvalue weighted by atomic mass is 16.5. The van der Waals surface area contributed by atoms with Crippen molar-refractivity contribution in [2.24, 2.45) is 17.3 Å². The second kappa shape index (κ2) is 4.25. The van der Waals surface area contributed by atoms with Crippen LogP contribution in [0.5, 0.6) is 0 Å². The molecule has 2 heteroatoms. The van der Waals surface area contributed by atoms with Crippen LogP contribution in [0.1, 0.15) is 46.0 Å². The highest BCUT2D eigenvalue weighted by Gasteiger charge is 2.34. The van der Waals surface area contributed by atoms with Gasteiger partial charge in [-0.1, -0.05) is 13.8 Å². The molecule has 15 heavy (non-hydrogen) atoms. The Morgan fingerprint density at radius 2 is 1.80 bits per heavy atom. The van der Waals surface area contributed by atoms with Crippen LogP contribution in [0.4, 0.5) is 0 Å². The zero-order chi connectivity index (χ0) is 10.9. The molecule has 0 aromatic carbocycles. The van der Waals surface area contributed by atoms with Crippen LogP contribution < -0.4 is 0 Å². The van der Waals surface area contributed by atoms with Crippen LogP contribution in [0.3, 0.4) is 0 Å². The Morgan fingerprint density at radius 1 is 1.13 bits per heavy atom. The standard InChI is InChI=1S/C13H22O2/c1-13(2)6-3-10(4-7-13)12(14)11-5-8-15-9-11/h10-11H,3-9H2,1-2H3. The van der Waals surface area contributed by atoms with Crippen molar-refractivity contribution in [1.82, 2.24) is 0 Å². The zero-order valence-electron chi connectivity index (χ0n) is 9.92. The minimum atomic E-state index is 0.219. The van der Waals surface area contributed by atoms with Gasteiger partial charge in [0.15, 0.2) is 0 Å². The molecule has 1 aliphatic heterocycles. The van der Waals surface area contributed by atoms with Gasteiger partial charge in [-0.05, 0) is 37.5 Å². The van der Waals surface area contributed by atoms with Crippen LogP contribution in [-0.4, -0.2) is 19.0 Å². The molecule has 2 rings (SSSR count). The van der Waals surface area contributed by atoms with E-state index in [1.807, 2.05) is 0 Å². The van der Waals surface area contributed by atoms with Crippen molar-refractivity contribution >= 4 is 5.78 Å². The topological polar surface area (TPSA) is 26.3 Å². The maximum absolute atomic E-state index is 12.1. The number of carbonyl (C=O) groups excluding carboxylic acids is 1. The van der Waals surface area contributed by atoms with Crippen molar-refractivity contribution in [3.8, 4) is 0 Å². The fraction of sp³-hybridized carbons (Fsp3) is 0.923. The third-order valence-corrected chi connectivity index (χ3v) is 4.07. The molecule has 0 amide bonds. The van der Waals surface area contributed by atoms with Crippen LogP contribution in [0.15, 0.2) is 0 Å². The van der Waals surface area contributed by atoms with E-state index in [0.717, 1.165) is 25.9 Å². The predicted molar refractivity (Wildman–Crippen MR) is 59.7 cm³/mol. The van der Waals surface area contributed by atoms with E-state index in [9.17, 15) is 4.79 Å². The van der Waals surface area contributed by atoms with E-state index < -0.39 is 0 Å². The van der Waals surface area contributed by atoms with E-state index in [2.05, 4.69) is 13.8 Å². The van der Waals surface area contributed by atoms with Gasteiger partial charge >= 0.3 is 0 Å². The van der Waals surface area contributed by atoms with E-state index >= 15 is 0 Å². The van der Waals surface area contributed by atoms with Crippen LogP contribution in [0, 0.1) is 17.3 Å². The molecule has 0 spiro atoms. The summed E-state index contributed by atoms with van der Waals surface area (Å²) in [5, 5.41) is 0. The molecule has 1 aliphatic carbocycles. The van der Waals surface area contributed by atoms with E-state index in [-0.39, 0.29) is 5.92 Å². The van der Waals surface area contributed by atoms with Gasteiger partial charge in [-0.15, -0.1) is 0 Å². The van der Waals surface area contributed by atoms with Gasteiger partial charge < -0.3 is 4.74 Å². The second-order valence-corrected chi connectivity index (χ2v) is 5.90. The molecule has 0 aromatic heterocycles. The molecular weight excluding hydrogens is 188 g/mol. The highest BCUT2D eigenvalue weighted by Crippen LogP contribution is 2.39. The molecule has 1 saturated carbocycles. The lowest BCUT2D eigenvalue weighted by Crippen LogP contribution is -2.30. The van der Waals surface area contributed by atoms with Gasteiger partial charge in [0, 0.05) is 18.4 Å². The normalized spacial score (nSPS) is 31.7. The zero-order valence-corrected chi connectivity index (χ0v) is 9.92. The third kappa shape index (κ3) is 2.60. The van der Waals surface area contributed by atoms with E-state index in [1.54, 1.807) is 0 Å². The number of Topliss-reactive ketones (excluding diaryl/α,β-unsaturated/α-hetero) is 1. The summed E-state index contributed by atoms with van der Waals surface area (Å²) in [6.45, 7) is 6.09. The lowest BCUT2D eigenvalue weighted by molar-refractivity contribution is -0.128. The summed E-state index contributed by atoms with van der Waals surface area (Å²) in [6.07, 6.45) is 5.57. The van der Waals surface area contributed by atoms with E-state index in [1.165, 1.54) is 12.8 Å². The smallest absolute Gasteiger partial charge is 0.141 e. The summed E-state index contributed by atoms with van der Waals surface area (Å²) >= 11 is 0. The first-order valence-corrected chi connectivity index (χ1v) is 6.20. The molecule has 2 nitrogen and oxygen atoms in total. The first-order chi connectivity index (χ1) is 7.08. The minimum absolute atomic E-state index is 0.219. The highest BCUT2D eigenvalue weighted by molar-refractivity contribution is 5.83. The number of hydrogen-bond acceptors (Lipinski definition) is 2. The molecule has 1 saturated heterocycles. The largest absolute Gasteiger partial charge is 0.381 e. The van der Waals surface area contributed by atoms with Crippen molar-refractivity contribution in [2.45, 2.75) is 46.0 Å². The summed E-state index contributed by atoms with van der Waals surface area (Å²) in [4.78, 5) is 12.1. The average Bonchev–Trinajstić information content (AvgIpc) is 2.69. The first kappa shape index (κ1) is 11.1. The molecule has 0 radical (unpaired) electrons. The number of rotatable bonds is 2. The summed E-state index contributed by atoms with van der Waals surface area (Å²) < 4.78 is 5.29. The number of hydrogen-bond donors (Lipinski definition) is 0. The average molecular weight is 210 g/mol. The molecule has 0 N–H and O–H groups in total. The van der Waals surface area contributed by atoms with Crippen molar-refractivity contribution in [3.05, 3.63) is 0 Å².